The van der Waals surface area contributed by atoms with Crippen molar-refractivity contribution in [2.24, 2.45) is 0 Å². The summed E-state index contributed by atoms with van der Waals surface area (Å²) in [6, 6.07) is 7.42. The highest BCUT2D eigenvalue weighted by molar-refractivity contribution is 6.30. The molecule has 1 aromatic carbocycles. The molecule has 2 heterocycles. The maximum atomic E-state index is 12.2. The predicted molar refractivity (Wildman–Crippen MR) is 81.2 cm³/mol. The Labute approximate surface area is 124 Å². The molecular formula is C15H20ClN3O. The summed E-state index contributed by atoms with van der Waals surface area (Å²) >= 11 is 5.90. The predicted octanol–water partition coefficient (Wildman–Crippen LogP) is 3.07. The van der Waals surface area contributed by atoms with Crippen LogP contribution in [0.25, 0.3) is 0 Å². The van der Waals surface area contributed by atoms with Gasteiger partial charge in [-0.15, -0.1) is 0 Å². The molecule has 0 saturated carbocycles. The highest BCUT2D eigenvalue weighted by Gasteiger charge is 2.33. The fraction of sp³-hybridized carbons (Fsp3) is 0.533. The zero-order chi connectivity index (χ0) is 13.9. The minimum absolute atomic E-state index is 0.0124. The first-order valence-electron chi connectivity index (χ1n) is 7.32. The Morgan fingerprint density at radius 2 is 1.70 bits per heavy atom. The van der Waals surface area contributed by atoms with Gasteiger partial charge in [0.15, 0.2) is 0 Å². The Morgan fingerprint density at radius 3 is 2.35 bits per heavy atom. The number of hydrogen-bond donors (Lipinski definition) is 1. The first-order chi connectivity index (χ1) is 9.74. The van der Waals surface area contributed by atoms with Gasteiger partial charge in [0.25, 0.3) is 0 Å². The number of likely N-dealkylation sites (tertiary alicyclic amines) is 1. The molecule has 108 valence electrons. The second-order valence-corrected chi connectivity index (χ2v) is 5.94. The molecule has 0 radical (unpaired) electrons. The van der Waals surface area contributed by atoms with E-state index in [2.05, 4.69) is 10.2 Å². The monoisotopic (exact) mass is 293 g/mol. The standard InChI is InChI=1S/C15H20ClN3O/c16-12-5-7-13(8-6-12)19-11-14(17-15(19)20)18-9-3-1-2-4-10-18/h5-8,14H,1-4,9-11H2,(H,17,20). The number of rotatable bonds is 2. The van der Waals surface area contributed by atoms with Crippen LogP contribution in [0.15, 0.2) is 24.3 Å². The van der Waals surface area contributed by atoms with Crippen molar-refractivity contribution in [3.8, 4) is 0 Å². The van der Waals surface area contributed by atoms with E-state index in [1.807, 2.05) is 24.3 Å². The SMILES string of the molecule is O=C1NC(N2CCCCCC2)CN1c1ccc(Cl)cc1. The molecule has 5 heteroatoms. The lowest BCUT2D eigenvalue weighted by Crippen LogP contribution is -2.44. The van der Waals surface area contributed by atoms with Crippen molar-refractivity contribution < 1.29 is 4.79 Å². The van der Waals surface area contributed by atoms with Gasteiger partial charge in [-0.25, -0.2) is 4.79 Å². The summed E-state index contributed by atoms with van der Waals surface area (Å²) in [6.45, 7) is 2.87. The van der Waals surface area contributed by atoms with Crippen molar-refractivity contribution >= 4 is 23.3 Å². The van der Waals surface area contributed by atoms with Gasteiger partial charge in [0, 0.05) is 23.8 Å². The largest absolute Gasteiger partial charge is 0.323 e. The third-order valence-electron chi connectivity index (χ3n) is 4.11. The fourth-order valence-corrected chi connectivity index (χ4v) is 3.11. The van der Waals surface area contributed by atoms with Gasteiger partial charge in [0.05, 0.1) is 6.54 Å². The molecule has 0 aliphatic carbocycles. The topological polar surface area (TPSA) is 35.6 Å². The molecule has 2 fully saturated rings. The number of urea groups is 1. The van der Waals surface area contributed by atoms with E-state index in [4.69, 9.17) is 11.6 Å². The maximum Gasteiger partial charge on any atom is 0.323 e. The van der Waals surface area contributed by atoms with Gasteiger partial charge in [0.2, 0.25) is 0 Å². The van der Waals surface area contributed by atoms with Crippen molar-refractivity contribution in [2.75, 3.05) is 24.5 Å². The first kappa shape index (κ1) is 13.7. The molecule has 0 spiro atoms. The second-order valence-electron chi connectivity index (χ2n) is 5.50. The Balaban J connectivity index is 1.69. The van der Waals surface area contributed by atoms with Crippen LogP contribution in [0.3, 0.4) is 0 Å². The maximum absolute atomic E-state index is 12.2. The number of nitrogens with one attached hydrogen (secondary N) is 1. The van der Waals surface area contributed by atoms with Crippen LogP contribution in [0.4, 0.5) is 10.5 Å². The molecule has 4 nitrogen and oxygen atoms in total. The van der Waals surface area contributed by atoms with E-state index in [-0.39, 0.29) is 12.2 Å². The Morgan fingerprint density at radius 1 is 1.05 bits per heavy atom. The number of carbonyl (C=O) groups excluding carboxylic acids is 1. The van der Waals surface area contributed by atoms with E-state index in [0.717, 1.165) is 18.8 Å². The van der Waals surface area contributed by atoms with Gasteiger partial charge in [-0.3, -0.25) is 9.80 Å². The third kappa shape index (κ3) is 2.91. The molecule has 2 aliphatic heterocycles. The molecule has 1 atom stereocenters. The zero-order valence-corrected chi connectivity index (χ0v) is 12.3. The molecule has 0 bridgehead atoms. The lowest BCUT2D eigenvalue weighted by molar-refractivity contribution is 0.196. The number of anilines is 1. The fourth-order valence-electron chi connectivity index (χ4n) is 2.98. The Bertz CT molecular complexity index is 469. The van der Waals surface area contributed by atoms with Crippen LogP contribution in [0, 0.1) is 0 Å². The summed E-state index contributed by atoms with van der Waals surface area (Å²) in [6.07, 6.45) is 5.20. The highest BCUT2D eigenvalue weighted by Crippen LogP contribution is 2.23. The molecule has 20 heavy (non-hydrogen) atoms. The van der Waals surface area contributed by atoms with Crippen molar-refractivity contribution in [2.45, 2.75) is 31.8 Å². The Kier molecular flexibility index (Phi) is 4.13. The number of carbonyl (C=O) groups is 1. The van der Waals surface area contributed by atoms with E-state index in [1.54, 1.807) is 4.90 Å². The van der Waals surface area contributed by atoms with E-state index >= 15 is 0 Å². The minimum Gasteiger partial charge on any atom is -0.320 e. The summed E-state index contributed by atoms with van der Waals surface area (Å²) < 4.78 is 0. The van der Waals surface area contributed by atoms with Gasteiger partial charge in [-0.05, 0) is 37.1 Å². The van der Waals surface area contributed by atoms with Crippen LogP contribution in [0.2, 0.25) is 5.02 Å². The molecule has 3 rings (SSSR count). The minimum atomic E-state index is -0.0124. The van der Waals surface area contributed by atoms with Gasteiger partial charge in [-0.2, -0.15) is 0 Å². The molecule has 2 amide bonds. The first-order valence-corrected chi connectivity index (χ1v) is 7.69. The molecule has 1 aromatic rings. The van der Waals surface area contributed by atoms with Gasteiger partial charge >= 0.3 is 6.03 Å². The quantitative estimate of drug-likeness (QED) is 0.909. The summed E-state index contributed by atoms with van der Waals surface area (Å²) in [5.41, 5.74) is 0.907. The van der Waals surface area contributed by atoms with Crippen LogP contribution in [0.1, 0.15) is 25.7 Å². The van der Waals surface area contributed by atoms with Crippen LogP contribution in [-0.2, 0) is 0 Å². The summed E-state index contributed by atoms with van der Waals surface area (Å²) in [4.78, 5) is 16.4. The van der Waals surface area contributed by atoms with E-state index in [1.165, 1.54) is 25.7 Å². The summed E-state index contributed by atoms with van der Waals surface area (Å²) in [5, 5.41) is 3.79. The van der Waals surface area contributed by atoms with Gasteiger partial charge in [0.1, 0.15) is 6.17 Å². The summed E-state index contributed by atoms with van der Waals surface area (Å²) in [7, 11) is 0. The Hall–Kier alpha value is -1.26. The number of hydrogen-bond acceptors (Lipinski definition) is 2. The van der Waals surface area contributed by atoms with Crippen LogP contribution < -0.4 is 10.2 Å². The molecule has 2 aliphatic rings. The van der Waals surface area contributed by atoms with Crippen molar-refractivity contribution in [1.82, 2.24) is 10.2 Å². The number of benzene rings is 1. The normalized spacial score (nSPS) is 24.6. The molecule has 1 N–H and O–H groups in total. The van der Waals surface area contributed by atoms with Crippen molar-refractivity contribution in [3.63, 3.8) is 0 Å². The average molecular weight is 294 g/mol. The van der Waals surface area contributed by atoms with Gasteiger partial charge < -0.3 is 5.32 Å². The van der Waals surface area contributed by atoms with Crippen molar-refractivity contribution in [3.05, 3.63) is 29.3 Å². The van der Waals surface area contributed by atoms with Crippen LogP contribution in [0.5, 0.6) is 0 Å². The zero-order valence-electron chi connectivity index (χ0n) is 11.5. The van der Waals surface area contributed by atoms with E-state index in [9.17, 15) is 4.79 Å². The molecule has 1 unspecified atom stereocenters. The summed E-state index contributed by atoms with van der Waals surface area (Å²) in [5.74, 6) is 0. The molecule has 2 saturated heterocycles. The number of halogens is 1. The molecule has 0 aromatic heterocycles. The van der Waals surface area contributed by atoms with Crippen molar-refractivity contribution in [1.29, 1.82) is 0 Å². The number of nitrogens with zero attached hydrogens (tertiary/aromatic N) is 2. The average Bonchev–Trinajstić information content (AvgIpc) is 2.66. The number of amides is 2. The van der Waals surface area contributed by atoms with Gasteiger partial charge in [-0.1, -0.05) is 24.4 Å². The third-order valence-corrected chi connectivity index (χ3v) is 4.36. The molecular weight excluding hydrogens is 274 g/mol. The lowest BCUT2D eigenvalue weighted by Gasteiger charge is -2.26. The highest BCUT2D eigenvalue weighted by atomic mass is 35.5. The van der Waals surface area contributed by atoms with E-state index in [0.29, 0.717) is 11.6 Å². The lowest BCUT2D eigenvalue weighted by atomic mass is 10.2. The van der Waals surface area contributed by atoms with E-state index < -0.39 is 0 Å². The second kappa shape index (κ2) is 6.02. The van der Waals surface area contributed by atoms with Crippen LogP contribution in [-0.4, -0.2) is 36.7 Å². The van der Waals surface area contributed by atoms with Crippen LogP contribution >= 0.6 is 11.6 Å². The smallest absolute Gasteiger partial charge is 0.320 e.